The first-order valence-corrected chi connectivity index (χ1v) is 10.4. The van der Waals surface area contributed by atoms with Crippen molar-refractivity contribution >= 4 is 12.1 Å². The molecule has 0 spiro atoms. The van der Waals surface area contributed by atoms with Crippen molar-refractivity contribution in [3.8, 4) is 11.5 Å². The Kier molecular flexibility index (Phi) is 8.86. The van der Waals surface area contributed by atoms with Crippen LogP contribution in [0.2, 0.25) is 0 Å². The van der Waals surface area contributed by atoms with Gasteiger partial charge < -0.3 is 38.6 Å². The van der Waals surface area contributed by atoms with Crippen molar-refractivity contribution in [1.29, 1.82) is 0 Å². The highest BCUT2D eigenvalue weighted by atomic mass is 16.8. The average molecular weight is 474 g/mol. The summed E-state index contributed by atoms with van der Waals surface area (Å²) in [5.41, 5.74) is 0.211. The van der Waals surface area contributed by atoms with Gasteiger partial charge in [0.2, 0.25) is 12.4 Å². The van der Waals surface area contributed by atoms with Crippen LogP contribution < -0.4 is 9.47 Å². The highest BCUT2D eigenvalue weighted by Gasteiger charge is 2.51. The molecule has 0 saturated carbocycles. The van der Waals surface area contributed by atoms with Gasteiger partial charge in [-0.15, -0.1) is 0 Å². The Bertz CT molecular complexity index is 946. The number of aliphatic hydroxyl groups excluding tert-OH is 2. The lowest BCUT2D eigenvalue weighted by molar-refractivity contribution is -0.278. The van der Waals surface area contributed by atoms with E-state index >= 15 is 0 Å². The Morgan fingerprint density at radius 3 is 2.32 bits per heavy atom. The lowest BCUT2D eigenvalue weighted by atomic mass is 9.98. The second-order valence-corrected chi connectivity index (χ2v) is 7.18. The van der Waals surface area contributed by atoms with Gasteiger partial charge in [-0.2, -0.15) is 0 Å². The molecular weight excluding hydrogens is 448 g/mol. The van der Waals surface area contributed by atoms with Gasteiger partial charge in [0.05, 0.1) is 19.3 Å². The molecule has 1 aliphatic heterocycles. The van der Waals surface area contributed by atoms with Gasteiger partial charge in [0, 0.05) is 0 Å². The third kappa shape index (κ3) is 6.25. The van der Waals surface area contributed by atoms with E-state index < -0.39 is 49.4 Å². The van der Waals surface area contributed by atoms with Gasteiger partial charge in [-0.25, -0.2) is 9.59 Å². The molecule has 10 heteroatoms. The molecule has 2 aromatic rings. The molecule has 5 atom stereocenters. The standard InChI is InChI=1S/C24H26O10/c1-3-13-30-24(28)34-21-20(33-22(27)15-7-5-4-6-8-15)19(26)18(14-25)32-23(21)31-17-11-9-16(29-2)10-12-17/h3-12,18-21,23,25-26H,1,13-14H2,2H3/t18-,19-,20+,21+,23+/m1/s1. The van der Waals surface area contributed by atoms with Gasteiger partial charge in [0.25, 0.3) is 0 Å². The first kappa shape index (κ1) is 25.0. The van der Waals surface area contributed by atoms with Crippen molar-refractivity contribution in [3.05, 3.63) is 72.8 Å². The van der Waals surface area contributed by atoms with Crippen molar-refractivity contribution in [2.24, 2.45) is 0 Å². The van der Waals surface area contributed by atoms with Gasteiger partial charge in [-0.1, -0.05) is 30.9 Å². The smallest absolute Gasteiger partial charge is 0.497 e. The Hall–Kier alpha value is -3.60. The molecule has 1 heterocycles. The lowest BCUT2D eigenvalue weighted by Gasteiger charge is -2.42. The van der Waals surface area contributed by atoms with Crippen LogP contribution in [-0.4, -0.2) is 73.4 Å². The predicted octanol–water partition coefficient (Wildman–Crippen LogP) is 2.09. The zero-order chi connectivity index (χ0) is 24.5. The van der Waals surface area contributed by atoms with Crippen LogP contribution in [0.1, 0.15) is 10.4 Å². The molecule has 0 amide bonds. The molecular formula is C24H26O10. The molecule has 0 aliphatic carbocycles. The van der Waals surface area contributed by atoms with Crippen molar-refractivity contribution in [1.82, 2.24) is 0 Å². The molecule has 0 radical (unpaired) electrons. The lowest BCUT2D eigenvalue weighted by Crippen LogP contribution is -2.62. The molecule has 2 N–H and O–H groups in total. The predicted molar refractivity (Wildman–Crippen MR) is 117 cm³/mol. The van der Waals surface area contributed by atoms with Gasteiger partial charge in [0.15, 0.2) is 6.10 Å². The van der Waals surface area contributed by atoms with E-state index in [2.05, 4.69) is 6.58 Å². The first-order chi connectivity index (χ1) is 16.5. The number of benzene rings is 2. The highest BCUT2D eigenvalue weighted by molar-refractivity contribution is 5.89. The largest absolute Gasteiger partial charge is 0.509 e. The van der Waals surface area contributed by atoms with Crippen LogP contribution in [0.25, 0.3) is 0 Å². The van der Waals surface area contributed by atoms with E-state index in [1.165, 1.54) is 25.3 Å². The number of hydrogen-bond acceptors (Lipinski definition) is 10. The van der Waals surface area contributed by atoms with Gasteiger partial charge >= 0.3 is 12.1 Å². The van der Waals surface area contributed by atoms with Crippen LogP contribution >= 0.6 is 0 Å². The topological polar surface area (TPSA) is 130 Å². The van der Waals surface area contributed by atoms with E-state index in [4.69, 9.17) is 28.4 Å². The molecule has 34 heavy (non-hydrogen) atoms. The fourth-order valence-corrected chi connectivity index (χ4v) is 3.22. The summed E-state index contributed by atoms with van der Waals surface area (Å²) in [4.78, 5) is 24.9. The molecule has 0 aromatic heterocycles. The van der Waals surface area contributed by atoms with Crippen LogP contribution in [0.15, 0.2) is 67.3 Å². The van der Waals surface area contributed by atoms with Gasteiger partial charge in [-0.3, -0.25) is 0 Å². The zero-order valence-corrected chi connectivity index (χ0v) is 18.4. The van der Waals surface area contributed by atoms with Crippen LogP contribution in [0.5, 0.6) is 11.5 Å². The van der Waals surface area contributed by atoms with E-state index in [0.717, 1.165) is 0 Å². The molecule has 3 rings (SSSR count). The Labute approximate surface area is 196 Å². The molecule has 0 unspecified atom stereocenters. The molecule has 1 fully saturated rings. The molecule has 182 valence electrons. The van der Waals surface area contributed by atoms with Crippen LogP contribution in [0.4, 0.5) is 4.79 Å². The number of methoxy groups -OCH3 is 1. The van der Waals surface area contributed by atoms with Crippen molar-refractivity contribution in [2.75, 3.05) is 20.3 Å². The quantitative estimate of drug-likeness (QED) is 0.411. The third-order valence-electron chi connectivity index (χ3n) is 4.91. The van der Waals surface area contributed by atoms with Crippen molar-refractivity contribution in [2.45, 2.75) is 30.7 Å². The van der Waals surface area contributed by atoms with E-state index in [-0.39, 0.29) is 12.2 Å². The van der Waals surface area contributed by atoms with Gasteiger partial charge in [0.1, 0.15) is 30.3 Å². The Morgan fingerprint density at radius 2 is 1.71 bits per heavy atom. The molecule has 1 aliphatic rings. The molecule has 10 nitrogen and oxygen atoms in total. The number of carbonyl (C=O) groups excluding carboxylic acids is 2. The summed E-state index contributed by atoms with van der Waals surface area (Å²) in [5, 5.41) is 20.5. The zero-order valence-electron chi connectivity index (χ0n) is 18.4. The maximum Gasteiger partial charge on any atom is 0.509 e. The summed E-state index contributed by atoms with van der Waals surface area (Å²) < 4.78 is 32.3. The molecule has 1 saturated heterocycles. The fraction of sp³-hybridized carbons (Fsp3) is 0.333. The van der Waals surface area contributed by atoms with Crippen molar-refractivity contribution in [3.63, 3.8) is 0 Å². The Morgan fingerprint density at radius 1 is 1.03 bits per heavy atom. The summed E-state index contributed by atoms with van der Waals surface area (Å²) in [6.45, 7) is 2.71. The number of rotatable bonds is 9. The van der Waals surface area contributed by atoms with Gasteiger partial charge in [-0.05, 0) is 36.4 Å². The second kappa shape index (κ2) is 12.0. The summed E-state index contributed by atoms with van der Waals surface area (Å²) in [6.07, 6.45) is -6.76. The van der Waals surface area contributed by atoms with Crippen molar-refractivity contribution < 1.29 is 48.2 Å². The number of esters is 1. The summed E-state index contributed by atoms with van der Waals surface area (Å²) in [6, 6.07) is 14.5. The SMILES string of the molecule is C=CCOC(=O)O[C@@H]1[C@@H](Oc2ccc(OC)cc2)O[C@H](CO)[C@@H](O)[C@@H]1OC(=O)c1ccccc1. The monoisotopic (exact) mass is 474 g/mol. The maximum atomic E-state index is 12.7. The normalized spacial score (nSPS) is 23.9. The number of carbonyl (C=O) groups is 2. The minimum absolute atomic E-state index is 0.132. The van der Waals surface area contributed by atoms with Crippen LogP contribution in [-0.2, 0) is 18.9 Å². The highest BCUT2D eigenvalue weighted by Crippen LogP contribution is 2.30. The number of hydrogen-bond donors (Lipinski definition) is 2. The first-order valence-electron chi connectivity index (χ1n) is 10.4. The van der Waals surface area contributed by atoms with E-state index in [1.54, 1.807) is 42.5 Å². The van der Waals surface area contributed by atoms with E-state index in [9.17, 15) is 19.8 Å². The summed E-state index contributed by atoms with van der Waals surface area (Å²) in [5.74, 6) is 0.107. The Balaban J connectivity index is 1.89. The van der Waals surface area contributed by atoms with Crippen LogP contribution in [0, 0.1) is 0 Å². The fourth-order valence-electron chi connectivity index (χ4n) is 3.22. The average Bonchev–Trinajstić information content (AvgIpc) is 2.87. The molecule has 2 aromatic carbocycles. The van der Waals surface area contributed by atoms with E-state index in [1.807, 2.05) is 0 Å². The molecule has 0 bridgehead atoms. The maximum absolute atomic E-state index is 12.7. The summed E-state index contributed by atoms with van der Waals surface area (Å²) >= 11 is 0. The van der Waals surface area contributed by atoms with Crippen LogP contribution in [0.3, 0.4) is 0 Å². The number of ether oxygens (including phenoxy) is 6. The second-order valence-electron chi connectivity index (χ2n) is 7.18. The minimum atomic E-state index is -1.54. The third-order valence-corrected chi connectivity index (χ3v) is 4.91. The number of aliphatic hydroxyl groups is 2. The summed E-state index contributed by atoms with van der Waals surface area (Å²) in [7, 11) is 1.51. The van der Waals surface area contributed by atoms with E-state index in [0.29, 0.717) is 11.5 Å². The minimum Gasteiger partial charge on any atom is -0.497 e.